The first-order chi connectivity index (χ1) is 14.5. The Morgan fingerprint density at radius 2 is 1.87 bits per heavy atom. The van der Waals surface area contributed by atoms with Crippen LogP contribution in [0.1, 0.15) is 5.56 Å². The van der Waals surface area contributed by atoms with E-state index < -0.39 is 5.82 Å². The predicted molar refractivity (Wildman–Crippen MR) is 112 cm³/mol. The smallest absolute Gasteiger partial charge is 0.213 e. The van der Waals surface area contributed by atoms with E-state index in [4.69, 9.17) is 14.2 Å². The number of pyridine rings is 1. The first-order valence-corrected chi connectivity index (χ1v) is 9.82. The highest BCUT2D eigenvalue weighted by Crippen LogP contribution is 2.46. The van der Waals surface area contributed by atoms with Gasteiger partial charge in [0.25, 0.3) is 0 Å². The molecule has 4 aromatic rings. The third kappa shape index (κ3) is 3.57. The molecule has 6 nitrogen and oxygen atoms in total. The van der Waals surface area contributed by atoms with Gasteiger partial charge in [0, 0.05) is 34.0 Å². The topological polar surface area (TPSA) is 81.0 Å². The van der Waals surface area contributed by atoms with Gasteiger partial charge in [-0.05, 0) is 12.1 Å². The molecule has 0 saturated heterocycles. The predicted octanol–water partition coefficient (Wildman–Crippen LogP) is 5.11. The van der Waals surface area contributed by atoms with Crippen LogP contribution < -0.4 is 14.2 Å². The second-order valence-electron chi connectivity index (χ2n) is 6.42. The molecular weight excluding hydrogens is 409 g/mol. The van der Waals surface area contributed by atoms with Crippen LogP contribution in [0, 0.1) is 5.82 Å². The lowest BCUT2D eigenvalue weighted by Gasteiger charge is -2.14. The van der Waals surface area contributed by atoms with Crippen LogP contribution in [0.25, 0.3) is 22.0 Å². The van der Waals surface area contributed by atoms with E-state index in [-0.39, 0.29) is 40.0 Å². The molecule has 0 radical (unpaired) electrons. The van der Waals surface area contributed by atoms with Crippen molar-refractivity contribution in [1.82, 2.24) is 4.98 Å². The SMILES string of the molecule is COc1ccc2cccc(COc3cc(-c4c(O)csc4O)c(F)cc3OC)c2n1. The number of para-hydroxylation sites is 1. The van der Waals surface area contributed by atoms with Crippen molar-refractivity contribution in [2.24, 2.45) is 0 Å². The third-order valence-corrected chi connectivity index (χ3v) is 5.41. The van der Waals surface area contributed by atoms with Crippen molar-refractivity contribution in [3.05, 3.63) is 59.2 Å². The normalized spacial score (nSPS) is 10.9. The molecule has 0 saturated carbocycles. The van der Waals surface area contributed by atoms with E-state index in [1.807, 2.05) is 24.3 Å². The van der Waals surface area contributed by atoms with Gasteiger partial charge in [0.2, 0.25) is 5.88 Å². The first-order valence-electron chi connectivity index (χ1n) is 8.94. The number of aromatic nitrogens is 1. The summed E-state index contributed by atoms with van der Waals surface area (Å²) < 4.78 is 31.0. The lowest BCUT2D eigenvalue weighted by molar-refractivity contribution is 0.284. The Morgan fingerprint density at radius 3 is 2.57 bits per heavy atom. The van der Waals surface area contributed by atoms with Crippen molar-refractivity contribution < 1.29 is 28.8 Å². The molecule has 0 unspecified atom stereocenters. The Labute approximate surface area is 175 Å². The number of halogens is 1. The maximum Gasteiger partial charge on any atom is 0.213 e. The van der Waals surface area contributed by atoms with Crippen molar-refractivity contribution in [3.63, 3.8) is 0 Å². The third-order valence-electron chi connectivity index (χ3n) is 4.65. The summed E-state index contributed by atoms with van der Waals surface area (Å²) in [7, 11) is 2.96. The number of benzene rings is 2. The van der Waals surface area contributed by atoms with Gasteiger partial charge in [-0.3, -0.25) is 0 Å². The highest BCUT2D eigenvalue weighted by Gasteiger charge is 2.20. The van der Waals surface area contributed by atoms with E-state index in [1.54, 1.807) is 13.2 Å². The van der Waals surface area contributed by atoms with Crippen LogP contribution in [-0.4, -0.2) is 29.4 Å². The van der Waals surface area contributed by atoms with Crippen molar-refractivity contribution in [3.8, 4) is 39.3 Å². The number of hydrogen-bond acceptors (Lipinski definition) is 7. The van der Waals surface area contributed by atoms with Gasteiger partial charge in [-0.1, -0.05) is 18.2 Å². The van der Waals surface area contributed by atoms with Crippen LogP contribution in [0.3, 0.4) is 0 Å². The molecule has 0 amide bonds. The fourth-order valence-corrected chi connectivity index (χ4v) is 3.84. The number of nitrogens with zero attached hydrogens (tertiary/aromatic N) is 1. The molecule has 0 atom stereocenters. The number of hydrogen-bond donors (Lipinski definition) is 2. The van der Waals surface area contributed by atoms with E-state index in [0.717, 1.165) is 33.9 Å². The van der Waals surface area contributed by atoms with Crippen molar-refractivity contribution in [2.45, 2.75) is 6.61 Å². The van der Waals surface area contributed by atoms with Crippen LogP contribution in [0.15, 0.2) is 47.8 Å². The molecule has 4 rings (SSSR count). The largest absolute Gasteiger partial charge is 0.506 e. The molecule has 2 aromatic heterocycles. The minimum absolute atomic E-state index is 0.0137. The van der Waals surface area contributed by atoms with Crippen molar-refractivity contribution in [1.29, 1.82) is 0 Å². The summed E-state index contributed by atoms with van der Waals surface area (Å²) in [4.78, 5) is 4.49. The Kier molecular flexibility index (Phi) is 5.33. The zero-order chi connectivity index (χ0) is 21.3. The number of aromatic hydroxyl groups is 2. The van der Waals surface area contributed by atoms with Gasteiger partial charge in [0.05, 0.1) is 25.3 Å². The van der Waals surface area contributed by atoms with Crippen LogP contribution >= 0.6 is 11.3 Å². The quantitative estimate of drug-likeness (QED) is 0.445. The summed E-state index contributed by atoms with van der Waals surface area (Å²) in [5, 5.41) is 22.1. The lowest BCUT2D eigenvalue weighted by Crippen LogP contribution is -2.01. The summed E-state index contributed by atoms with van der Waals surface area (Å²) in [6.45, 7) is 0.139. The minimum Gasteiger partial charge on any atom is -0.506 e. The van der Waals surface area contributed by atoms with Gasteiger partial charge in [-0.25, -0.2) is 9.37 Å². The zero-order valence-electron chi connectivity index (χ0n) is 16.2. The maximum atomic E-state index is 14.6. The monoisotopic (exact) mass is 427 g/mol. The van der Waals surface area contributed by atoms with Crippen LogP contribution in [0.4, 0.5) is 4.39 Å². The van der Waals surface area contributed by atoms with E-state index >= 15 is 0 Å². The molecule has 0 aliphatic heterocycles. The van der Waals surface area contributed by atoms with Gasteiger partial charge in [-0.2, -0.15) is 0 Å². The van der Waals surface area contributed by atoms with Gasteiger partial charge < -0.3 is 24.4 Å². The zero-order valence-corrected chi connectivity index (χ0v) is 17.0. The van der Waals surface area contributed by atoms with Gasteiger partial charge in [0.15, 0.2) is 16.6 Å². The van der Waals surface area contributed by atoms with Crippen molar-refractivity contribution in [2.75, 3.05) is 14.2 Å². The number of thiophene rings is 1. The van der Waals surface area contributed by atoms with Gasteiger partial charge in [0.1, 0.15) is 18.2 Å². The Hall–Kier alpha value is -3.52. The Balaban J connectivity index is 1.72. The maximum absolute atomic E-state index is 14.6. The number of methoxy groups -OCH3 is 2. The van der Waals surface area contributed by atoms with Gasteiger partial charge >= 0.3 is 0 Å². The molecule has 0 spiro atoms. The second-order valence-corrected chi connectivity index (χ2v) is 7.27. The van der Waals surface area contributed by atoms with E-state index in [9.17, 15) is 14.6 Å². The molecule has 0 aliphatic rings. The fourth-order valence-electron chi connectivity index (χ4n) is 3.17. The molecule has 2 N–H and O–H groups in total. The highest BCUT2D eigenvalue weighted by atomic mass is 32.1. The van der Waals surface area contributed by atoms with Crippen LogP contribution in [-0.2, 0) is 6.61 Å². The van der Waals surface area contributed by atoms with E-state index in [1.165, 1.54) is 18.6 Å². The first kappa shape index (κ1) is 19.8. The summed E-state index contributed by atoms with van der Waals surface area (Å²) in [6.07, 6.45) is 0. The second kappa shape index (κ2) is 8.08. The summed E-state index contributed by atoms with van der Waals surface area (Å²) >= 11 is 0.912. The standard InChI is InChI=1S/C22H18FNO5S/c1-27-17-9-15(23)14(20-16(25)11-30-22(20)26)8-18(17)29-10-13-5-3-4-12-6-7-19(28-2)24-21(12)13/h3-9,11,25-26H,10H2,1-2H3. The minimum atomic E-state index is -0.653. The number of ether oxygens (including phenoxy) is 3. The van der Waals surface area contributed by atoms with E-state index in [2.05, 4.69) is 4.98 Å². The summed E-state index contributed by atoms with van der Waals surface area (Å²) in [5.41, 5.74) is 1.56. The van der Waals surface area contributed by atoms with Crippen LogP contribution in [0.2, 0.25) is 0 Å². The highest BCUT2D eigenvalue weighted by molar-refractivity contribution is 7.12. The summed E-state index contributed by atoms with van der Waals surface area (Å²) in [6, 6.07) is 11.9. The number of rotatable bonds is 6. The Morgan fingerprint density at radius 1 is 1.03 bits per heavy atom. The Bertz CT molecular complexity index is 1200. The lowest BCUT2D eigenvalue weighted by atomic mass is 10.1. The van der Waals surface area contributed by atoms with Crippen LogP contribution in [0.5, 0.6) is 28.2 Å². The molecule has 154 valence electrons. The fraction of sp³-hybridized carbons (Fsp3) is 0.136. The average Bonchev–Trinajstić information content (AvgIpc) is 3.10. The average molecular weight is 427 g/mol. The molecule has 2 heterocycles. The van der Waals surface area contributed by atoms with Crippen molar-refractivity contribution >= 4 is 22.2 Å². The molecule has 0 aliphatic carbocycles. The van der Waals surface area contributed by atoms with Gasteiger partial charge in [-0.15, -0.1) is 11.3 Å². The van der Waals surface area contributed by atoms with E-state index in [0.29, 0.717) is 5.88 Å². The molecule has 0 bridgehead atoms. The molecule has 8 heteroatoms. The number of fused-ring (bicyclic) bond motifs is 1. The molecular formula is C22H18FNO5S. The summed E-state index contributed by atoms with van der Waals surface area (Å²) in [5.74, 6) is 0.0765. The molecule has 0 fully saturated rings. The molecule has 30 heavy (non-hydrogen) atoms. The molecule has 2 aromatic carbocycles.